The van der Waals surface area contributed by atoms with Gasteiger partial charge in [0.15, 0.2) is 0 Å². The minimum Gasteiger partial charge on any atom is -0.497 e. The van der Waals surface area contributed by atoms with Crippen molar-refractivity contribution in [1.29, 1.82) is 0 Å². The van der Waals surface area contributed by atoms with Gasteiger partial charge in [-0.1, -0.05) is 55.8 Å². The highest BCUT2D eigenvalue weighted by Crippen LogP contribution is 2.53. The summed E-state index contributed by atoms with van der Waals surface area (Å²) < 4.78 is 5.40. The van der Waals surface area contributed by atoms with Crippen molar-refractivity contribution < 1.29 is 4.74 Å². The van der Waals surface area contributed by atoms with E-state index in [4.69, 9.17) is 4.74 Å². The standard InChI is InChI=1S/C25H33OS/c1-3-17-27-24-12-8-7-11-22(24)23(19-13-15-21(26-2)16-14-19)18-25(27)20-9-5-4-6-10-20/h4-6,9-10,13-16,22-25H,3,7-8,11-12,17-18H2,1-2H3/q+1/t22-,23+,24-,25-,27?/m1/s1. The molecule has 0 N–H and O–H groups in total. The molecule has 2 heteroatoms. The summed E-state index contributed by atoms with van der Waals surface area (Å²) in [6.45, 7) is 2.38. The summed E-state index contributed by atoms with van der Waals surface area (Å²) in [4.78, 5) is 0. The van der Waals surface area contributed by atoms with Gasteiger partial charge in [0, 0.05) is 17.9 Å². The molecule has 1 heterocycles. The molecule has 1 aliphatic carbocycles. The van der Waals surface area contributed by atoms with Gasteiger partial charge in [-0.25, -0.2) is 0 Å². The van der Waals surface area contributed by atoms with E-state index in [1.165, 1.54) is 49.8 Å². The van der Waals surface area contributed by atoms with E-state index in [9.17, 15) is 0 Å². The van der Waals surface area contributed by atoms with Crippen molar-refractivity contribution in [1.82, 2.24) is 0 Å². The van der Waals surface area contributed by atoms with Crippen LogP contribution in [-0.4, -0.2) is 18.1 Å². The van der Waals surface area contributed by atoms with Crippen molar-refractivity contribution in [2.24, 2.45) is 5.92 Å². The van der Waals surface area contributed by atoms with Gasteiger partial charge in [-0.2, -0.15) is 0 Å². The summed E-state index contributed by atoms with van der Waals surface area (Å²) in [5.74, 6) is 3.96. The lowest BCUT2D eigenvalue weighted by molar-refractivity contribution is 0.285. The summed E-state index contributed by atoms with van der Waals surface area (Å²) in [6.07, 6.45) is 8.38. The summed E-state index contributed by atoms with van der Waals surface area (Å²) in [5, 5.41) is 1.65. The Bertz CT molecular complexity index is 711. The second-order valence-electron chi connectivity index (χ2n) is 8.17. The summed E-state index contributed by atoms with van der Waals surface area (Å²) in [7, 11) is 2.28. The molecule has 5 atom stereocenters. The number of fused-ring (bicyclic) bond motifs is 1. The van der Waals surface area contributed by atoms with E-state index in [2.05, 4.69) is 61.5 Å². The van der Waals surface area contributed by atoms with Crippen LogP contribution in [0.3, 0.4) is 0 Å². The van der Waals surface area contributed by atoms with Gasteiger partial charge in [-0.3, -0.25) is 0 Å². The average molecular weight is 382 g/mol. The van der Waals surface area contributed by atoms with Crippen molar-refractivity contribution in [3.05, 3.63) is 65.7 Å². The van der Waals surface area contributed by atoms with Crippen LogP contribution < -0.4 is 4.74 Å². The zero-order valence-electron chi connectivity index (χ0n) is 16.8. The molecular formula is C25H33OS+. The molecule has 0 spiro atoms. The van der Waals surface area contributed by atoms with Crippen molar-refractivity contribution in [3.63, 3.8) is 0 Å². The van der Waals surface area contributed by atoms with E-state index < -0.39 is 0 Å². The molecule has 0 aromatic heterocycles. The highest BCUT2D eigenvalue weighted by molar-refractivity contribution is 7.97. The first kappa shape index (κ1) is 18.9. The number of hydrogen-bond acceptors (Lipinski definition) is 1. The highest BCUT2D eigenvalue weighted by Gasteiger charge is 2.52. The van der Waals surface area contributed by atoms with Crippen LogP contribution >= 0.6 is 0 Å². The molecule has 2 aromatic carbocycles. The Balaban J connectivity index is 1.70. The van der Waals surface area contributed by atoms with Crippen molar-refractivity contribution in [2.45, 2.75) is 61.9 Å². The lowest BCUT2D eigenvalue weighted by Crippen LogP contribution is -2.45. The van der Waals surface area contributed by atoms with Crippen LogP contribution in [0.4, 0.5) is 0 Å². The third-order valence-corrected chi connectivity index (χ3v) is 10.1. The van der Waals surface area contributed by atoms with Gasteiger partial charge in [-0.15, -0.1) is 0 Å². The van der Waals surface area contributed by atoms with Gasteiger partial charge in [-0.05, 0) is 60.2 Å². The van der Waals surface area contributed by atoms with Crippen LogP contribution in [0.2, 0.25) is 0 Å². The first-order valence-electron chi connectivity index (χ1n) is 10.7. The smallest absolute Gasteiger partial charge is 0.144 e. The SMILES string of the molecule is CCC[S+]1[C@@H](c2ccccc2)C[C@@H](c2ccc(OC)cc2)[C@H]2CCCC[C@H]21. The topological polar surface area (TPSA) is 9.23 Å². The van der Waals surface area contributed by atoms with E-state index in [1.807, 2.05) is 0 Å². The van der Waals surface area contributed by atoms with Gasteiger partial charge in [0.05, 0.1) is 7.11 Å². The highest BCUT2D eigenvalue weighted by atomic mass is 32.2. The number of benzene rings is 2. The fourth-order valence-electron chi connectivity index (χ4n) is 5.44. The van der Waals surface area contributed by atoms with Gasteiger partial charge in [0.25, 0.3) is 0 Å². The number of methoxy groups -OCH3 is 1. The zero-order chi connectivity index (χ0) is 18.6. The molecule has 0 bridgehead atoms. The summed E-state index contributed by atoms with van der Waals surface area (Å²) in [6, 6.07) is 20.4. The largest absolute Gasteiger partial charge is 0.497 e. The molecule has 1 aliphatic heterocycles. The first-order valence-corrected chi connectivity index (χ1v) is 12.2. The Hall–Kier alpha value is -1.41. The summed E-state index contributed by atoms with van der Waals surface area (Å²) in [5.41, 5.74) is 3.12. The predicted molar refractivity (Wildman–Crippen MR) is 118 cm³/mol. The zero-order valence-corrected chi connectivity index (χ0v) is 17.6. The quantitative estimate of drug-likeness (QED) is 0.536. The molecule has 1 saturated heterocycles. The molecule has 0 amide bonds. The van der Waals surface area contributed by atoms with Crippen molar-refractivity contribution >= 4 is 10.9 Å². The van der Waals surface area contributed by atoms with Gasteiger partial charge >= 0.3 is 0 Å². The number of ether oxygens (including phenoxy) is 1. The van der Waals surface area contributed by atoms with Crippen LogP contribution in [0.15, 0.2) is 54.6 Å². The number of hydrogen-bond donors (Lipinski definition) is 0. The molecule has 4 rings (SSSR count). The minimum absolute atomic E-state index is 0.525. The Labute approximate surface area is 167 Å². The molecule has 144 valence electrons. The van der Waals surface area contributed by atoms with Gasteiger partial charge in [0.2, 0.25) is 0 Å². The average Bonchev–Trinajstić information content (AvgIpc) is 2.75. The van der Waals surface area contributed by atoms with Crippen molar-refractivity contribution in [3.8, 4) is 5.75 Å². The molecular weight excluding hydrogens is 348 g/mol. The second kappa shape index (κ2) is 8.73. The fraction of sp³-hybridized carbons (Fsp3) is 0.520. The molecule has 27 heavy (non-hydrogen) atoms. The van der Waals surface area contributed by atoms with E-state index >= 15 is 0 Å². The maximum Gasteiger partial charge on any atom is 0.144 e. The van der Waals surface area contributed by atoms with Crippen LogP contribution in [0.1, 0.15) is 67.7 Å². The van der Waals surface area contributed by atoms with E-state index in [1.54, 1.807) is 12.7 Å². The third kappa shape index (κ3) is 3.92. The van der Waals surface area contributed by atoms with Crippen molar-refractivity contribution in [2.75, 3.05) is 12.9 Å². The third-order valence-electron chi connectivity index (χ3n) is 6.65. The molecule has 2 fully saturated rings. The molecule has 0 radical (unpaired) electrons. The van der Waals surface area contributed by atoms with Crippen LogP contribution in [-0.2, 0) is 10.9 Å². The molecule has 2 aliphatic rings. The lowest BCUT2D eigenvalue weighted by atomic mass is 9.73. The summed E-state index contributed by atoms with van der Waals surface area (Å²) >= 11 is 0. The lowest BCUT2D eigenvalue weighted by Gasteiger charge is -2.44. The Kier molecular flexibility index (Phi) is 6.12. The molecule has 1 unspecified atom stereocenters. The molecule has 1 nitrogen and oxygen atoms in total. The van der Waals surface area contributed by atoms with Crippen LogP contribution in [0, 0.1) is 5.92 Å². The Morgan fingerprint density at radius 1 is 0.926 bits per heavy atom. The number of rotatable bonds is 5. The van der Waals surface area contributed by atoms with E-state index in [-0.39, 0.29) is 0 Å². The molecule has 1 saturated carbocycles. The van der Waals surface area contributed by atoms with Gasteiger partial charge in [0.1, 0.15) is 22.0 Å². The van der Waals surface area contributed by atoms with Crippen LogP contribution in [0.25, 0.3) is 0 Å². The maximum absolute atomic E-state index is 5.40. The fourth-order valence-corrected chi connectivity index (χ4v) is 9.13. The molecule has 2 aromatic rings. The predicted octanol–water partition coefficient (Wildman–Crippen LogP) is 6.51. The Morgan fingerprint density at radius 2 is 1.67 bits per heavy atom. The first-order chi connectivity index (χ1) is 13.3. The monoisotopic (exact) mass is 381 g/mol. The minimum atomic E-state index is 0.525. The van der Waals surface area contributed by atoms with Gasteiger partial charge < -0.3 is 4.74 Å². The normalized spacial score (nSPS) is 30.5. The maximum atomic E-state index is 5.40. The van der Waals surface area contributed by atoms with E-state index in [0.717, 1.165) is 22.2 Å². The van der Waals surface area contributed by atoms with E-state index in [0.29, 0.717) is 16.8 Å². The van der Waals surface area contributed by atoms with Crippen LogP contribution in [0.5, 0.6) is 5.75 Å². The second-order valence-corrected chi connectivity index (χ2v) is 10.7. The Morgan fingerprint density at radius 3 is 2.37 bits per heavy atom.